The van der Waals surface area contributed by atoms with Crippen LogP contribution >= 0.6 is 0 Å². The molecule has 0 aromatic rings. The number of alkyl halides is 3. The molecule has 0 spiro atoms. The van der Waals surface area contributed by atoms with Crippen LogP contribution in [0.15, 0.2) is 0 Å². The Hall–Kier alpha value is -0.780. The standard InChI is InChI=1S/C12H21F3N2O/c1-9(2)7-17(8-12(13,14)15)10(18)11(16)5-3-4-6-11/h9H,3-8,16H2,1-2H3. The van der Waals surface area contributed by atoms with Gasteiger partial charge in [0.25, 0.3) is 0 Å². The summed E-state index contributed by atoms with van der Waals surface area (Å²) in [4.78, 5) is 13.1. The van der Waals surface area contributed by atoms with Crippen molar-refractivity contribution in [2.24, 2.45) is 11.7 Å². The maximum Gasteiger partial charge on any atom is 0.406 e. The molecule has 106 valence electrons. The first-order valence-corrected chi connectivity index (χ1v) is 6.29. The van der Waals surface area contributed by atoms with Gasteiger partial charge in [-0.1, -0.05) is 26.7 Å². The number of carbonyl (C=O) groups excluding carboxylic acids is 1. The second kappa shape index (κ2) is 5.47. The van der Waals surface area contributed by atoms with E-state index in [1.165, 1.54) is 0 Å². The zero-order valence-electron chi connectivity index (χ0n) is 10.9. The second-order valence-corrected chi connectivity index (χ2v) is 5.56. The summed E-state index contributed by atoms with van der Waals surface area (Å²) in [5.41, 5.74) is 4.86. The van der Waals surface area contributed by atoms with Crippen molar-refractivity contribution in [3.05, 3.63) is 0 Å². The smallest absolute Gasteiger partial charge is 0.332 e. The van der Waals surface area contributed by atoms with Crippen LogP contribution in [-0.4, -0.2) is 35.6 Å². The summed E-state index contributed by atoms with van der Waals surface area (Å²) in [6, 6.07) is 0. The van der Waals surface area contributed by atoms with Crippen LogP contribution in [0.4, 0.5) is 13.2 Å². The molecule has 1 rings (SSSR count). The lowest BCUT2D eigenvalue weighted by atomic mass is 9.96. The van der Waals surface area contributed by atoms with Gasteiger partial charge in [-0.25, -0.2) is 0 Å². The highest BCUT2D eigenvalue weighted by Crippen LogP contribution is 2.30. The molecular formula is C12H21F3N2O. The third-order valence-electron chi connectivity index (χ3n) is 3.16. The second-order valence-electron chi connectivity index (χ2n) is 5.56. The van der Waals surface area contributed by atoms with E-state index in [4.69, 9.17) is 5.73 Å². The normalized spacial score (nSPS) is 19.3. The van der Waals surface area contributed by atoms with E-state index in [1.807, 2.05) is 0 Å². The molecule has 0 aromatic heterocycles. The number of amides is 1. The van der Waals surface area contributed by atoms with Crippen LogP contribution in [0.25, 0.3) is 0 Å². The molecule has 0 saturated heterocycles. The zero-order chi connectivity index (χ0) is 14.0. The Morgan fingerprint density at radius 3 is 2.22 bits per heavy atom. The monoisotopic (exact) mass is 266 g/mol. The van der Waals surface area contributed by atoms with Gasteiger partial charge in [-0.2, -0.15) is 13.2 Å². The molecule has 0 aliphatic heterocycles. The molecular weight excluding hydrogens is 245 g/mol. The predicted octanol–water partition coefficient (Wildman–Crippen LogP) is 2.30. The Bertz CT molecular complexity index is 296. The summed E-state index contributed by atoms with van der Waals surface area (Å²) in [5, 5.41) is 0. The van der Waals surface area contributed by atoms with Crippen LogP contribution in [0.3, 0.4) is 0 Å². The molecule has 1 aliphatic carbocycles. The van der Waals surface area contributed by atoms with Crippen molar-refractivity contribution < 1.29 is 18.0 Å². The first-order chi connectivity index (χ1) is 8.14. The number of halogens is 3. The van der Waals surface area contributed by atoms with Crippen LogP contribution < -0.4 is 5.73 Å². The number of nitrogens with zero attached hydrogens (tertiary/aromatic N) is 1. The summed E-state index contributed by atoms with van der Waals surface area (Å²) < 4.78 is 37.5. The van der Waals surface area contributed by atoms with Crippen LogP contribution in [0.5, 0.6) is 0 Å². The van der Waals surface area contributed by atoms with E-state index in [2.05, 4.69) is 0 Å². The fourth-order valence-corrected chi connectivity index (χ4v) is 2.41. The maximum absolute atomic E-state index is 12.5. The first-order valence-electron chi connectivity index (χ1n) is 6.29. The molecule has 3 nitrogen and oxygen atoms in total. The average molecular weight is 266 g/mol. The number of nitrogens with two attached hydrogens (primary N) is 1. The van der Waals surface area contributed by atoms with Crippen LogP contribution in [0.1, 0.15) is 39.5 Å². The Morgan fingerprint density at radius 1 is 1.33 bits per heavy atom. The maximum atomic E-state index is 12.5. The zero-order valence-corrected chi connectivity index (χ0v) is 10.9. The molecule has 1 fully saturated rings. The van der Waals surface area contributed by atoms with Crippen LogP contribution in [-0.2, 0) is 4.79 Å². The molecule has 0 radical (unpaired) electrons. The molecule has 6 heteroatoms. The van der Waals surface area contributed by atoms with Gasteiger partial charge in [0.2, 0.25) is 5.91 Å². The van der Waals surface area contributed by atoms with Crippen molar-refractivity contribution in [3.63, 3.8) is 0 Å². The molecule has 1 aliphatic rings. The van der Waals surface area contributed by atoms with Gasteiger partial charge in [0, 0.05) is 6.54 Å². The highest BCUT2D eigenvalue weighted by Gasteiger charge is 2.43. The van der Waals surface area contributed by atoms with E-state index >= 15 is 0 Å². The SMILES string of the molecule is CC(C)CN(CC(F)(F)F)C(=O)C1(N)CCCC1. The van der Waals surface area contributed by atoms with Gasteiger partial charge < -0.3 is 10.6 Å². The number of hydrogen-bond donors (Lipinski definition) is 1. The lowest BCUT2D eigenvalue weighted by Crippen LogP contribution is -2.56. The van der Waals surface area contributed by atoms with Crippen molar-refractivity contribution in [1.82, 2.24) is 4.90 Å². The highest BCUT2D eigenvalue weighted by atomic mass is 19.4. The Morgan fingerprint density at radius 2 is 1.83 bits per heavy atom. The first kappa shape index (κ1) is 15.3. The summed E-state index contributed by atoms with van der Waals surface area (Å²) in [6.07, 6.45) is -1.79. The van der Waals surface area contributed by atoms with E-state index < -0.39 is 24.2 Å². The summed E-state index contributed by atoms with van der Waals surface area (Å²) >= 11 is 0. The quantitative estimate of drug-likeness (QED) is 0.848. The fraction of sp³-hybridized carbons (Fsp3) is 0.917. The minimum Gasteiger partial charge on any atom is -0.332 e. The Kier molecular flexibility index (Phi) is 4.64. The van der Waals surface area contributed by atoms with Gasteiger partial charge in [-0.05, 0) is 18.8 Å². The summed E-state index contributed by atoms with van der Waals surface area (Å²) in [5.74, 6) is -0.563. The molecule has 0 unspecified atom stereocenters. The molecule has 2 N–H and O–H groups in total. The Labute approximate surface area is 106 Å². The van der Waals surface area contributed by atoms with Gasteiger partial charge in [0.15, 0.2) is 0 Å². The number of rotatable bonds is 4. The fourth-order valence-electron chi connectivity index (χ4n) is 2.41. The molecule has 0 atom stereocenters. The van der Waals surface area contributed by atoms with E-state index in [-0.39, 0.29) is 12.5 Å². The number of carbonyl (C=O) groups is 1. The molecule has 1 amide bonds. The molecule has 1 saturated carbocycles. The molecule has 0 heterocycles. The van der Waals surface area contributed by atoms with Gasteiger partial charge in [-0.3, -0.25) is 4.79 Å². The Balaban J connectivity index is 2.78. The van der Waals surface area contributed by atoms with Gasteiger partial charge in [0.1, 0.15) is 6.54 Å². The van der Waals surface area contributed by atoms with Crippen molar-refractivity contribution in [3.8, 4) is 0 Å². The van der Waals surface area contributed by atoms with E-state index in [9.17, 15) is 18.0 Å². The largest absolute Gasteiger partial charge is 0.406 e. The van der Waals surface area contributed by atoms with Crippen molar-refractivity contribution in [2.75, 3.05) is 13.1 Å². The average Bonchev–Trinajstić information content (AvgIpc) is 2.61. The minimum absolute atomic E-state index is 0.0127. The van der Waals surface area contributed by atoms with E-state index in [0.29, 0.717) is 12.8 Å². The number of hydrogen-bond acceptors (Lipinski definition) is 2. The van der Waals surface area contributed by atoms with E-state index in [1.54, 1.807) is 13.8 Å². The molecule has 0 aromatic carbocycles. The van der Waals surface area contributed by atoms with E-state index in [0.717, 1.165) is 17.7 Å². The highest BCUT2D eigenvalue weighted by molar-refractivity contribution is 5.86. The minimum atomic E-state index is -4.38. The van der Waals surface area contributed by atoms with Crippen LogP contribution in [0.2, 0.25) is 0 Å². The lowest BCUT2D eigenvalue weighted by Gasteiger charge is -2.33. The van der Waals surface area contributed by atoms with Gasteiger partial charge >= 0.3 is 6.18 Å². The van der Waals surface area contributed by atoms with Crippen molar-refractivity contribution in [1.29, 1.82) is 0 Å². The summed E-state index contributed by atoms with van der Waals surface area (Å²) in [7, 11) is 0. The van der Waals surface area contributed by atoms with Crippen LogP contribution in [0, 0.1) is 5.92 Å². The summed E-state index contributed by atoms with van der Waals surface area (Å²) in [6.45, 7) is 2.46. The topological polar surface area (TPSA) is 46.3 Å². The third kappa shape index (κ3) is 4.15. The molecule has 18 heavy (non-hydrogen) atoms. The molecule has 0 bridgehead atoms. The van der Waals surface area contributed by atoms with Crippen molar-refractivity contribution in [2.45, 2.75) is 51.2 Å². The van der Waals surface area contributed by atoms with Gasteiger partial charge in [-0.15, -0.1) is 0 Å². The lowest BCUT2D eigenvalue weighted by molar-refractivity contribution is -0.165. The predicted molar refractivity (Wildman–Crippen MR) is 62.9 cm³/mol. The van der Waals surface area contributed by atoms with Gasteiger partial charge in [0.05, 0.1) is 5.54 Å². The van der Waals surface area contributed by atoms with Crippen molar-refractivity contribution >= 4 is 5.91 Å². The third-order valence-corrected chi connectivity index (χ3v) is 3.16.